The highest BCUT2D eigenvalue weighted by molar-refractivity contribution is 7.85. The molecular weight excluding hydrogens is 292 g/mol. The predicted octanol–water partition coefficient (Wildman–Crippen LogP) is -2.31. The molecule has 0 aromatic carbocycles. The van der Waals surface area contributed by atoms with E-state index < -0.39 is 30.4 Å². The summed E-state index contributed by atoms with van der Waals surface area (Å²) >= 11 is 0. The average Bonchev–Trinajstić information content (AvgIpc) is 1.41. The van der Waals surface area contributed by atoms with Crippen LogP contribution in [0.4, 0.5) is 0 Å². The molecule has 5 N–H and O–H groups in total. The Morgan fingerprint density at radius 2 is 0.562 bits per heavy atom. The minimum Gasteiger partial charge on any atom is -0.412 e. The highest BCUT2D eigenvalue weighted by atomic mass is 32.2. The summed E-state index contributed by atoms with van der Waals surface area (Å²) < 4.78 is 77.6. The van der Waals surface area contributed by atoms with E-state index in [1.165, 1.54) is 0 Å². The van der Waals surface area contributed by atoms with Gasteiger partial charge in [-0.2, -0.15) is 25.3 Å². The van der Waals surface area contributed by atoms with Gasteiger partial charge in [0.25, 0.3) is 30.4 Å². The maximum atomic E-state index is 9.19. The van der Waals surface area contributed by atoms with Crippen molar-refractivity contribution in [3.8, 4) is 0 Å². The molecule has 0 fully saturated rings. The summed E-state index contributed by atoms with van der Waals surface area (Å²) in [4.78, 5) is 0. The molecule has 0 heterocycles. The molecule has 104 valence electrons. The first kappa shape index (κ1) is 24.8. The molecule has 0 unspecified atom stereocenters. The third kappa shape index (κ3) is 22900. The topological polar surface area (TPSA) is 195 Å². The Kier molecular flexibility index (Phi) is 13.6. The van der Waals surface area contributed by atoms with E-state index >= 15 is 0 Å². The SMILES string of the molecule is CS(=O)(=O)O.CS(=O)(=O)O.CS(=O)(=O)O.O. The number of rotatable bonds is 0. The quantitative estimate of drug-likeness (QED) is 0.412. The van der Waals surface area contributed by atoms with Crippen molar-refractivity contribution in [3.63, 3.8) is 0 Å². The number of hydrogen-bond acceptors (Lipinski definition) is 6. The monoisotopic (exact) mass is 306 g/mol. The van der Waals surface area contributed by atoms with E-state index in [1.54, 1.807) is 0 Å². The molecule has 10 nitrogen and oxygen atoms in total. The lowest BCUT2D eigenvalue weighted by Gasteiger charge is -1.69. The van der Waals surface area contributed by atoms with Crippen LogP contribution in [0, 0.1) is 0 Å². The van der Waals surface area contributed by atoms with Crippen molar-refractivity contribution in [2.45, 2.75) is 0 Å². The molecular formula is C3H14O10S3. The Morgan fingerprint density at radius 3 is 0.562 bits per heavy atom. The maximum absolute atomic E-state index is 9.19. The molecule has 0 saturated heterocycles. The maximum Gasteiger partial charge on any atom is 0.261 e. The van der Waals surface area contributed by atoms with E-state index in [1.807, 2.05) is 0 Å². The van der Waals surface area contributed by atoms with Crippen LogP contribution in [0.25, 0.3) is 0 Å². The molecule has 0 atom stereocenters. The fourth-order valence-electron chi connectivity index (χ4n) is 0. The van der Waals surface area contributed by atoms with Gasteiger partial charge < -0.3 is 5.48 Å². The summed E-state index contributed by atoms with van der Waals surface area (Å²) in [6.07, 6.45) is 2.15. The summed E-state index contributed by atoms with van der Waals surface area (Å²) in [6.45, 7) is 0. The smallest absolute Gasteiger partial charge is 0.261 e. The van der Waals surface area contributed by atoms with Crippen LogP contribution in [0.3, 0.4) is 0 Å². The van der Waals surface area contributed by atoms with Crippen LogP contribution < -0.4 is 0 Å². The molecule has 0 saturated carbocycles. The van der Waals surface area contributed by atoms with Crippen molar-refractivity contribution < 1.29 is 44.4 Å². The Labute approximate surface area is 93.8 Å². The summed E-state index contributed by atoms with van der Waals surface area (Å²) in [5.74, 6) is 0. The highest BCUT2D eigenvalue weighted by Gasteiger charge is 1.82. The van der Waals surface area contributed by atoms with E-state index in [4.69, 9.17) is 13.7 Å². The van der Waals surface area contributed by atoms with Crippen LogP contribution in [0.2, 0.25) is 0 Å². The van der Waals surface area contributed by atoms with Crippen LogP contribution in [-0.4, -0.2) is 63.2 Å². The lowest BCUT2D eigenvalue weighted by Crippen LogP contribution is -1.88. The van der Waals surface area contributed by atoms with E-state index in [-0.39, 0.29) is 5.48 Å². The molecule has 0 aromatic rings. The molecule has 0 rings (SSSR count). The first-order valence-electron chi connectivity index (χ1n) is 2.77. The first-order valence-corrected chi connectivity index (χ1v) is 8.32. The average molecular weight is 306 g/mol. The van der Waals surface area contributed by atoms with Crippen molar-refractivity contribution in [1.29, 1.82) is 0 Å². The zero-order valence-corrected chi connectivity index (χ0v) is 11.0. The second kappa shape index (κ2) is 8.80. The Bertz CT molecular complexity index is 342. The van der Waals surface area contributed by atoms with Crippen molar-refractivity contribution in [1.82, 2.24) is 0 Å². The van der Waals surface area contributed by atoms with Crippen LogP contribution >= 0.6 is 0 Å². The van der Waals surface area contributed by atoms with Gasteiger partial charge in [-0.1, -0.05) is 0 Å². The number of hydrogen-bond donors (Lipinski definition) is 3. The molecule has 0 radical (unpaired) electrons. The van der Waals surface area contributed by atoms with Gasteiger partial charge in [-0.15, -0.1) is 0 Å². The summed E-state index contributed by atoms with van der Waals surface area (Å²) in [5.41, 5.74) is 0. The normalized spacial score (nSPS) is 10.9. The molecule has 0 aliphatic rings. The molecule has 16 heavy (non-hydrogen) atoms. The zero-order valence-electron chi connectivity index (χ0n) is 8.52. The molecule has 0 bridgehead atoms. The van der Waals surface area contributed by atoms with Crippen LogP contribution in [0.15, 0.2) is 0 Å². The van der Waals surface area contributed by atoms with Gasteiger partial charge in [0.15, 0.2) is 0 Å². The molecule has 0 aliphatic heterocycles. The second-order valence-corrected chi connectivity index (χ2v) is 6.60. The van der Waals surface area contributed by atoms with Crippen molar-refractivity contribution >= 4 is 30.4 Å². The van der Waals surface area contributed by atoms with Crippen LogP contribution in [-0.2, 0) is 30.4 Å². The van der Waals surface area contributed by atoms with Crippen LogP contribution in [0.1, 0.15) is 0 Å². The second-order valence-electron chi connectivity index (χ2n) is 2.20. The van der Waals surface area contributed by atoms with Gasteiger partial charge in [-0.25, -0.2) is 0 Å². The fraction of sp³-hybridized carbons (Fsp3) is 1.00. The largest absolute Gasteiger partial charge is 0.412 e. The summed E-state index contributed by atoms with van der Waals surface area (Å²) in [6, 6.07) is 0. The van der Waals surface area contributed by atoms with Crippen molar-refractivity contribution in [2.75, 3.05) is 18.8 Å². The molecule has 0 spiro atoms. The Morgan fingerprint density at radius 1 is 0.562 bits per heavy atom. The van der Waals surface area contributed by atoms with Gasteiger partial charge in [0.2, 0.25) is 0 Å². The Hall–Kier alpha value is -0.310. The molecule has 0 amide bonds. The van der Waals surface area contributed by atoms with Gasteiger partial charge in [0, 0.05) is 0 Å². The van der Waals surface area contributed by atoms with Gasteiger partial charge in [0.1, 0.15) is 0 Å². The minimum absolute atomic E-state index is 0. The third-order valence-corrected chi connectivity index (χ3v) is 0. The van der Waals surface area contributed by atoms with E-state index in [0.29, 0.717) is 18.8 Å². The molecule has 0 aliphatic carbocycles. The van der Waals surface area contributed by atoms with E-state index in [2.05, 4.69) is 0 Å². The van der Waals surface area contributed by atoms with Gasteiger partial charge in [-0.05, 0) is 0 Å². The molecule has 13 heteroatoms. The minimum atomic E-state index is -3.67. The zero-order chi connectivity index (χ0) is 13.5. The fourth-order valence-corrected chi connectivity index (χ4v) is 0. The Balaban J connectivity index is -0.0000000655. The van der Waals surface area contributed by atoms with E-state index in [0.717, 1.165) is 0 Å². The van der Waals surface area contributed by atoms with Crippen molar-refractivity contribution in [3.05, 3.63) is 0 Å². The van der Waals surface area contributed by atoms with Gasteiger partial charge in [-0.3, -0.25) is 13.7 Å². The predicted molar refractivity (Wildman–Crippen MR) is 56.0 cm³/mol. The van der Waals surface area contributed by atoms with Crippen molar-refractivity contribution in [2.24, 2.45) is 0 Å². The van der Waals surface area contributed by atoms with E-state index in [9.17, 15) is 25.3 Å². The third-order valence-electron chi connectivity index (χ3n) is 0. The lowest BCUT2D eigenvalue weighted by atomic mass is 12.0. The standard InChI is InChI=1S/3CH4O3S.H2O/c3*1-5(2,3)4;/h3*1H3,(H,2,3,4);1H2. The van der Waals surface area contributed by atoms with Gasteiger partial charge in [0.05, 0.1) is 18.8 Å². The summed E-state index contributed by atoms with van der Waals surface area (Å²) in [5, 5.41) is 0. The molecule has 0 aromatic heterocycles. The van der Waals surface area contributed by atoms with Gasteiger partial charge >= 0.3 is 0 Å². The van der Waals surface area contributed by atoms with Crippen LogP contribution in [0.5, 0.6) is 0 Å². The summed E-state index contributed by atoms with van der Waals surface area (Å²) in [7, 11) is -11.0. The lowest BCUT2D eigenvalue weighted by molar-refractivity contribution is 0.488. The first-order chi connectivity index (χ1) is 6.00. The highest BCUT2D eigenvalue weighted by Crippen LogP contribution is 1.61.